The second-order valence-corrected chi connectivity index (χ2v) is 14.2. The highest BCUT2D eigenvalue weighted by Crippen LogP contribution is 2.21. The number of aromatic nitrogens is 12. The van der Waals surface area contributed by atoms with E-state index < -0.39 is 5.82 Å². The monoisotopic (exact) mass is 916 g/mol. The van der Waals surface area contributed by atoms with E-state index in [4.69, 9.17) is 18.0 Å². The highest BCUT2D eigenvalue weighted by molar-refractivity contribution is 5.99. The molecule has 0 spiro atoms. The van der Waals surface area contributed by atoms with Gasteiger partial charge >= 0.3 is 0 Å². The van der Waals surface area contributed by atoms with E-state index in [1.165, 1.54) is 57.8 Å². The van der Waals surface area contributed by atoms with Crippen LogP contribution in [0.1, 0.15) is 27.8 Å². The average molecular weight is 917 g/mol. The van der Waals surface area contributed by atoms with Gasteiger partial charge in [-0.3, -0.25) is 19.9 Å². The van der Waals surface area contributed by atoms with Gasteiger partial charge in [0.2, 0.25) is 5.69 Å². The van der Waals surface area contributed by atoms with E-state index in [9.17, 15) is 17.6 Å². The Bertz CT molecular complexity index is 3190. The molecule has 0 aliphatic carbocycles. The first-order chi connectivity index (χ1) is 32.8. The SMILES string of the molecule is Cc1ccncc1-c1nc2ccc(F)cn2n1.Cc1ccncc1-c1nc2ccc(F)cn2n1.Cc1ccncc1C(N)=Nc1ccc(F)cn1.Nc1ccc(F)cn1.[C-]#[N+]c1cnccc1C. The maximum atomic E-state index is 13.0. The van der Waals surface area contributed by atoms with Gasteiger partial charge in [0.05, 0.1) is 31.4 Å². The number of aliphatic imine (C=N–C) groups is 1. The standard InChI is InChI=1S/2C12H9FN4.C12H11FN4.C7H6N2.C5H5FN2/c2*1-8-4-5-14-6-10(8)12-15-11-3-2-9(13)7-17(11)16-12;1-8-4-5-15-7-10(8)12(14)17-11-3-2-9(13)6-16-11;1-6-3-4-9-5-7(6)8-2;6-4-1-2-5(7)8-3-4/h2*2-7H,1H3;2-7H,1H3,(H2,14,16,17);3-5H,1H3;1-3H,(H2,7,8). The van der Waals surface area contributed by atoms with Gasteiger partial charge < -0.3 is 11.5 Å². The maximum Gasteiger partial charge on any atom is 0.207 e. The zero-order valence-corrected chi connectivity index (χ0v) is 36.8. The van der Waals surface area contributed by atoms with E-state index in [1.807, 2.05) is 52.0 Å². The molecule has 16 nitrogen and oxygen atoms in total. The van der Waals surface area contributed by atoms with Crippen LogP contribution in [0.3, 0.4) is 0 Å². The van der Waals surface area contributed by atoms with Crippen molar-refractivity contribution in [2.75, 3.05) is 5.73 Å². The number of fused-ring (bicyclic) bond motifs is 2. The van der Waals surface area contributed by atoms with Crippen LogP contribution in [-0.2, 0) is 0 Å². The Balaban J connectivity index is 0.000000144. The zero-order chi connectivity index (χ0) is 48.6. The van der Waals surface area contributed by atoms with Crippen molar-refractivity contribution in [2.45, 2.75) is 27.7 Å². The molecule has 10 aromatic heterocycles. The molecule has 10 rings (SSSR count). The summed E-state index contributed by atoms with van der Waals surface area (Å²) < 4.78 is 53.5. The van der Waals surface area contributed by atoms with Gasteiger partial charge in [-0.15, -0.1) is 10.2 Å². The second-order valence-electron chi connectivity index (χ2n) is 14.2. The topological polar surface area (TPSA) is 206 Å². The number of amidine groups is 1. The summed E-state index contributed by atoms with van der Waals surface area (Å²) in [5, 5.41) is 8.46. The Labute approximate surface area is 386 Å². The predicted molar refractivity (Wildman–Crippen MR) is 249 cm³/mol. The van der Waals surface area contributed by atoms with Crippen molar-refractivity contribution in [3.63, 3.8) is 0 Å². The molecule has 0 aromatic carbocycles. The minimum Gasteiger partial charge on any atom is -0.384 e. The molecule has 0 fully saturated rings. The third kappa shape index (κ3) is 13.3. The summed E-state index contributed by atoms with van der Waals surface area (Å²) in [6, 6.07) is 18.8. The highest BCUT2D eigenvalue weighted by atomic mass is 19.1. The molecule has 0 amide bonds. The van der Waals surface area contributed by atoms with Gasteiger partial charge in [0.25, 0.3) is 0 Å². The summed E-state index contributed by atoms with van der Waals surface area (Å²) in [6.45, 7) is 14.4. The number of nitrogens with zero attached hydrogens (tertiary/aromatic N) is 14. The largest absolute Gasteiger partial charge is 0.384 e. The van der Waals surface area contributed by atoms with Crippen LogP contribution in [0.25, 0.3) is 38.9 Å². The number of halogens is 4. The van der Waals surface area contributed by atoms with Crippen LogP contribution >= 0.6 is 0 Å². The molecule has 0 saturated carbocycles. The molecular weight excluding hydrogens is 877 g/mol. The van der Waals surface area contributed by atoms with E-state index in [-0.39, 0.29) is 17.5 Å². The van der Waals surface area contributed by atoms with Crippen LogP contribution in [0, 0.1) is 57.5 Å². The van der Waals surface area contributed by atoms with Crippen LogP contribution in [0.5, 0.6) is 0 Å². The van der Waals surface area contributed by atoms with E-state index in [1.54, 1.807) is 61.7 Å². The summed E-state index contributed by atoms with van der Waals surface area (Å²) in [6.07, 6.45) is 18.2. The molecule has 10 aromatic rings. The predicted octanol–water partition coefficient (Wildman–Crippen LogP) is 9.18. The number of hydrogen-bond donors (Lipinski definition) is 2. The number of nitrogen functional groups attached to an aromatic ring is 1. The summed E-state index contributed by atoms with van der Waals surface area (Å²) in [7, 11) is 0. The van der Waals surface area contributed by atoms with Crippen LogP contribution in [-0.4, -0.2) is 64.9 Å². The van der Waals surface area contributed by atoms with Gasteiger partial charge in [0.1, 0.15) is 34.9 Å². The van der Waals surface area contributed by atoms with Crippen molar-refractivity contribution < 1.29 is 17.6 Å². The first-order valence-corrected chi connectivity index (χ1v) is 20.2. The van der Waals surface area contributed by atoms with Gasteiger partial charge in [0, 0.05) is 66.3 Å². The Morgan fingerprint density at radius 2 is 1.01 bits per heavy atom. The Morgan fingerprint density at radius 1 is 0.544 bits per heavy atom. The molecular formula is C48H40F4N16. The van der Waals surface area contributed by atoms with E-state index in [2.05, 4.69) is 59.9 Å². The maximum absolute atomic E-state index is 13.0. The summed E-state index contributed by atoms with van der Waals surface area (Å²) in [5.41, 5.74) is 19.4. The lowest BCUT2D eigenvalue weighted by Crippen LogP contribution is -2.14. The Hall–Kier alpha value is -9.38. The van der Waals surface area contributed by atoms with Crippen molar-refractivity contribution >= 4 is 34.5 Å². The lowest BCUT2D eigenvalue weighted by atomic mass is 10.1. The Kier molecular flexibility index (Phi) is 16.3. The van der Waals surface area contributed by atoms with Crippen molar-refractivity contribution in [3.8, 4) is 22.8 Å². The van der Waals surface area contributed by atoms with Crippen LogP contribution in [0.4, 0.5) is 34.9 Å². The first-order valence-electron chi connectivity index (χ1n) is 20.2. The van der Waals surface area contributed by atoms with Crippen LogP contribution in [0.15, 0.2) is 152 Å². The number of anilines is 1. The Morgan fingerprint density at radius 3 is 1.44 bits per heavy atom. The summed E-state index contributed by atoms with van der Waals surface area (Å²) >= 11 is 0. The average Bonchev–Trinajstić information content (AvgIpc) is 3.96. The fraction of sp³-hybridized carbons (Fsp3) is 0.0833. The molecule has 0 unspecified atom stereocenters. The molecule has 20 heteroatoms. The van der Waals surface area contributed by atoms with Crippen molar-refractivity contribution in [3.05, 3.63) is 210 Å². The zero-order valence-electron chi connectivity index (χ0n) is 36.8. The quantitative estimate of drug-likeness (QED) is 0.0734. The van der Waals surface area contributed by atoms with Gasteiger partial charge in [0.15, 0.2) is 28.8 Å². The number of pyridine rings is 8. The minimum atomic E-state index is -0.403. The molecule has 0 atom stereocenters. The number of nitrogens with two attached hydrogens (primary N) is 2. The van der Waals surface area contributed by atoms with E-state index in [0.29, 0.717) is 46.1 Å². The molecule has 4 N–H and O–H groups in total. The normalized spacial score (nSPS) is 10.5. The van der Waals surface area contributed by atoms with Crippen molar-refractivity contribution in [2.24, 2.45) is 10.7 Å². The summed E-state index contributed by atoms with van der Waals surface area (Å²) in [5.74, 6) is 0.698. The fourth-order valence-electron chi connectivity index (χ4n) is 5.65. The number of aryl methyl sites for hydroxylation is 4. The van der Waals surface area contributed by atoms with Gasteiger partial charge in [-0.25, -0.2) is 56.4 Å². The highest BCUT2D eigenvalue weighted by Gasteiger charge is 2.11. The lowest BCUT2D eigenvalue weighted by molar-refractivity contribution is 0.614. The molecule has 0 bridgehead atoms. The molecule has 0 radical (unpaired) electrons. The summed E-state index contributed by atoms with van der Waals surface area (Å²) in [4.78, 5) is 39.2. The van der Waals surface area contributed by atoms with Crippen molar-refractivity contribution in [1.82, 2.24) is 59.1 Å². The van der Waals surface area contributed by atoms with Crippen LogP contribution in [0.2, 0.25) is 0 Å². The lowest BCUT2D eigenvalue weighted by Gasteiger charge is -2.03. The van der Waals surface area contributed by atoms with Crippen LogP contribution < -0.4 is 11.5 Å². The third-order valence-electron chi connectivity index (χ3n) is 9.29. The molecule has 0 aliphatic heterocycles. The van der Waals surface area contributed by atoms with Gasteiger partial charge in [-0.1, -0.05) is 6.07 Å². The second kappa shape index (κ2) is 23.0. The minimum absolute atomic E-state index is 0.315. The van der Waals surface area contributed by atoms with Gasteiger partial charge in [-0.05, 0) is 117 Å². The number of rotatable bonds is 4. The third-order valence-corrected chi connectivity index (χ3v) is 9.29. The van der Waals surface area contributed by atoms with E-state index in [0.717, 1.165) is 51.3 Å². The molecule has 0 saturated heterocycles. The smallest absolute Gasteiger partial charge is 0.207 e. The van der Waals surface area contributed by atoms with E-state index >= 15 is 0 Å². The first kappa shape index (κ1) is 48.1. The molecule has 340 valence electrons. The molecule has 10 heterocycles. The van der Waals surface area contributed by atoms with Crippen molar-refractivity contribution in [1.29, 1.82) is 0 Å². The van der Waals surface area contributed by atoms with Gasteiger partial charge in [-0.2, -0.15) is 0 Å². The fourth-order valence-corrected chi connectivity index (χ4v) is 5.65. The molecule has 0 aliphatic rings. The molecule has 68 heavy (non-hydrogen) atoms. The number of hydrogen-bond acceptors (Lipinski definition) is 12.